The molecule has 1 atom stereocenters. The molecule has 2 aromatic rings. The molecular formula is C23H27N5O3. The fraction of sp³-hybridized carbons (Fsp3) is 0.435. The largest absolute Gasteiger partial charge is 0.478 e. The van der Waals surface area contributed by atoms with E-state index in [9.17, 15) is 9.59 Å². The number of likely N-dealkylation sites (tertiary alicyclic amines) is 1. The second-order valence-electron chi connectivity index (χ2n) is 8.82. The Bertz CT molecular complexity index is 1010. The number of pyridine rings is 1. The summed E-state index contributed by atoms with van der Waals surface area (Å²) in [5, 5.41) is 5.56. The van der Waals surface area contributed by atoms with E-state index in [0.717, 1.165) is 49.8 Å². The van der Waals surface area contributed by atoms with Crippen LogP contribution in [0.2, 0.25) is 0 Å². The van der Waals surface area contributed by atoms with Crippen molar-refractivity contribution in [1.29, 1.82) is 0 Å². The fourth-order valence-electron chi connectivity index (χ4n) is 4.82. The van der Waals surface area contributed by atoms with E-state index in [1.807, 2.05) is 25.1 Å². The SMILES string of the molecule is CC[C@H]1Oc2ccc(CN3CC4(C3)CN(c3ccc(C(=O)NC)nc3)C4)cc2NC1=O. The van der Waals surface area contributed by atoms with Crippen molar-refractivity contribution in [1.82, 2.24) is 15.2 Å². The van der Waals surface area contributed by atoms with Gasteiger partial charge in [-0.25, -0.2) is 4.98 Å². The number of anilines is 2. The van der Waals surface area contributed by atoms with Gasteiger partial charge in [-0.3, -0.25) is 14.5 Å². The predicted octanol–water partition coefficient (Wildman–Crippen LogP) is 1.87. The first-order chi connectivity index (χ1) is 15.0. The Morgan fingerprint density at radius 2 is 2.06 bits per heavy atom. The van der Waals surface area contributed by atoms with Crippen molar-refractivity contribution in [2.24, 2.45) is 5.41 Å². The lowest BCUT2D eigenvalue weighted by atomic mass is 9.72. The van der Waals surface area contributed by atoms with Gasteiger partial charge in [-0.2, -0.15) is 0 Å². The zero-order chi connectivity index (χ0) is 21.6. The highest BCUT2D eigenvalue weighted by Gasteiger charge is 2.51. The van der Waals surface area contributed by atoms with Gasteiger partial charge in [0.25, 0.3) is 11.8 Å². The number of carbonyl (C=O) groups excluding carboxylic acids is 2. The molecule has 8 heteroatoms. The van der Waals surface area contributed by atoms with Crippen LogP contribution < -0.4 is 20.3 Å². The van der Waals surface area contributed by atoms with Crippen LogP contribution >= 0.6 is 0 Å². The van der Waals surface area contributed by atoms with E-state index in [2.05, 4.69) is 31.5 Å². The van der Waals surface area contributed by atoms with E-state index in [1.165, 1.54) is 5.56 Å². The van der Waals surface area contributed by atoms with Crippen molar-refractivity contribution in [2.75, 3.05) is 43.4 Å². The summed E-state index contributed by atoms with van der Waals surface area (Å²) >= 11 is 0. The Kier molecular flexibility index (Phi) is 4.81. The topological polar surface area (TPSA) is 86.8 Å². The van der Waals surface area contributed by atoms with Gasteiger partial charge in [0, 0.05) is 45.2 Å². The molecule has 1 aromatic heterocycles. The van der Waals surface area contributed by atoms with Crippen molar-refractivity contribution in [3.8, 4) is 5.75 Å². The molecule has 3 aliphatic heterocycles. The van der Waals surface area contributed by atoms with E-state index >= 15 is 0 Å². The summed E-state index contributed by atoms with van der Waals surface area (Å²) in [6.45, 7) is 6.95. The third kappa shape index (κ3) is 3.61. The monoisotopic (exact) mass is 421 g/mol. The first kappa shape index (κ1) is 19.8. The number of hydrogen-bond acceptors (Lipinski definition) is 6. The molecule has 8 nitrogen and oxygen atoms in total. The molecule has 0 unspecified atom stereocenters. The van der Waals surface area contributed by atoms with Gasteiger partial charge >= 0.3 is 0 Å². The maximum atomic E-state index is 12.1. The Labute approximate surface area is 181 Å². The minimum Gasteiger partial charge on any atom is -0.478 e. The van der Waals surface area contributed by atoms with E-state index in [-0.39, 0.29) is 11.8 Å². The van der Waals surface area contributed by atoms with Gasteiger partial charge in [0.15, 0.2) is 6.10 Å². The maximum absolute atomic E-state index is 12.1. The summed E-state index contributed by atoms with van der Waals surface area (Å²) in [6.07, 6.45) is 2.04. The highest BCUT2D eigenvalue weighted by Crippen LogP contribution is 2.42. The zero-order valence-corrected chi connectivity index (χ0v) is 17.9. The molecule has 0 aliphatic carbocycles. The minimum atomic E-state index is -0.398. The average molecular weight is 422 g/mol. The molecule has 4 heterocycles. The lowest BCUT2D eigenvalue weighted by molar-refractivity contribution is -0.123. The van der Waals surface area contributed by atoms with Gasteiger partial charge in [-0.05, 0) is 36.2 Å². The van der Waals surface area contributed by atoms with Gasteiger partial charge in [0.05, 0.1) is 17.6 Å². The summed E-state index contributed by atoms with van der Waals surface area (Å²) < 4.78 is 5.78. The number of nitrogens with one attached hydrogen (secondary N) is 2. The number of nitrogens with zero attached hydrogens (tertiary/aromatic N) is 3. The third-order valence-corrected chi connectivity index (χ3v) is 6.38. The molecular weight excluding hydrogens is 394 g/mol. The van der Waals surface area contributed by atoms with Gasteiger partial charge in [0.1, 0.15) is 11.4 Å². The maximum Gasteiger partial charge on any atom is 0.269 e. The zero-order valence-electron chi connectivity index (χ0n) is 17.9. The van der Waals surface area contributed by atoms with Crippen LogP contribution in [0.3, 0.4) is 0 Å². The van der Waals surface area contributed by atoms with E-state index in [0.29, 0.717) is 17.5 Å². The molecule has 31 heavy (non-hydrogen) atoms. The number of aromatic nitrogens is 1. The van der Waals surface area contributed by atoms with Crippen LogP contribution in [-0.2, 0) is 11.3 Å². The Morgan fingerprint density at radius 1 is 1.26 bits per heavy atom. The first-order valence-electron chi connectivity index (χ1n) is 10.7. The van der Waals surface area contributed by atoms with E-state index < -0.39 is 6.10 Å². The van der Waals surface area contributed by atoms with Crippen molar-refractivity contribution in [3.63, 3.8) is 0 Å². The molecule has 1 aromatic carbocycles. The smallest absolute Gasteiger partial charge is 0.269 e. The van der Waals surface area contributed by atoms with Crippen LogP contribution in [0.15, 0.2) is 36.5 Å². The second-order valence-corrected chi connectivity index (χ2v) is 8.82. The third-order valence-electron chi connectivity index (χ3n) is 6.38. The van der Waals surface area contributed by atoms with Crippen LogP contribution in [0.4, 0.5) is 11.4 Å². The van der Waals surface area contributed by atoms with Crippen molar-refractivity contribution in [3.05, 3.63) is 47.8 Å². The van der Waals surface area contributed by atoms with Gasteiger partial charge in [-0.1, -0.05) is 13.0 Å². The van der Waals surface area contributed by atoms with Crippen molar-refractivity contribution in [2.45, 2.75) is 26.0 Å². The Balaban J connectivity index is 1.14. The number of hydrogen-bond donors (Lipinski definition) is 2. The molecule has 0 saturated carbocycles. The molecule has 5 rings (SSSR count). The summed E-state index contributed by atoms with van der Waals surface area (Å²) in [5.74, 6) is 0.517. The minimum absolute atomic E-state index is 0.0672. The van der Waals surface area contributed by atoms with Crippen LogP contribution in [0, 0.1) is 5.41 Å². The lowest BCUT2D eigenvalue weighted by Gasteiger charge is -2.61. The average Bonchev–Trinajstić information content (AvgIpc) is 2.73. The second kappa shape index (κ2) is 7.53. The summed E-state index contributed by atoms with van der Waals surface area (Å²) in [5.41, 5.74) is 3.79. The number of carbonyl (C=O) groups is 2. The molecule has 2 N–H and O–H groups in total. The number of rotatable bonds is 5. The molecule has 0 radical (unpaired) electrons. The molecule has 2 amide bonds. The van der Waals surface area contributed by atoms with Crippen LogP contribution in [0.5, 0.6) is 5.75 Å². The van der Waals surface area contributed by atoms with Crippen molar-refractivity contribution >= 4 is 23.2 Å². The highest BCUT2D eigenvalue weighted by molar-refractivity contribution is 5.97. The Hall–Kier alpha value is -3.13. The number of fused-ring (bicyclic) bond motifs is 1. The number of amides is 2. The predicted molar refractivity (Wildman–Crippen MR) is 117 cm³/mol. The standard InChI is InChI=1S/C23H27N5O3/c1-3-19-22(30)26-18-8-15(4-7-20(18)31-19)10-27-11-23(12-27)13-28(14-23)16-5-6-17(25-9-16)21(29)24-2/h4-9,19H,3,10-14H2,1-2H3,(H,24,29)(H,26,30)/t19-/m1/s1. The molecule has 2 saturated heterocycles. The van der Waals surface area contributed by atoms with Crippen LogP contribution in [0.1, 0.15) is 29.4 Å². The number of benzene rings is 1. The van der Waals surface area contributed by atoms with Crippen LogP contribution in [-0.4, -0.2) is 61.0 Å². The van der Waals surface area contributed by atoms with Gasteiger partial charge in [0.2, 0.25) is 0 Å². The lowest BCUT2D eigenvalue weighted by Crippen LogP contribution is -2.71. The summed E-state index contributed by atoms with van der Waals surface area (Å²) in [7, 11) is 1.61. The van der Waals surface area contributed by atoms with Crippen LogP contribution in [0.25, 0.3) is 0 Å². The quantitative estimate of drug-likeness (QED) is 0.767. The highest BCUT2D eigenvalue weighted by atomic mass is 16.5. The van der Waals surface area contributed by atoms with Gasteiger partial charge < -0.3 is 20.3 Å². The molecule has 1 spiro atoms. The number of ether oxygens (including phenoxy) is 1. The first-order valence-corrected chi connectivity index (χ1v) is 10.7. The molecule has 2 fully saturated rings. The van der Waals surface area contributed by atoms with Gasteiger partial charge in [-0.15, -0.1) is 0 Å². The fourth-order valence-corrected chi connectivity index (χ4v) is 4.82. The molecule has 0 bridgehead atoms. The molecule has 3 aliphatic rings. The van der Waals surface area contributed by atoms with E-state index in [4.69, 9.17) is 4.74 Å². The Morgan fingerprint density at radius 3 is 2.74 bits per heavy atom. The van der Waals surface area contributed by atoms with E-state index in [1.54, 1.807) is 19.3 Å². The molecule has 162 valence electrons. The van der Waals surface area contributed by atoms with Crippen molar-refractivity contribution < 1.29 is 14.3 Å². The normalized spacial score (nSPS) is 21.4. The summed E-state index contributed by atoms with van der Waals surface area (Å²) in [6, 6.07) is 9.81. The summed E-state index contributed by atoms with van der Waals surface area (Å²) in [4.78, 5) is 32.7.